The summed E-state index contributed by atoms with van der Waals surface area (Å²) in [6.45, 7) is 0.776. The van der Waals surface area contributed by atoms with Gasteiger partial charge in [-0.3, -0.25) is 9.78 Å². The average Bonchev–Trinajstić information content (AvgIpc) is 3.18. The van der Waals surface area contributed by atoms with Crippen LogP contribution in [0.4, 0.5) is 0 Å². The van der Waals surface area contributed by atoms with Gasteiger partial charge in [-0.05, 0) is 35.9 Å². The molecule has 0 spiro atoms. The Bertz CT molecular complexity index is 1210. The lowest BCUT2D eigenvalue weighted by molar-refractivity contribution is -0.141. The van der Waals surface area contributed by atoms with Gasteiger partial charge in [0.2, 0.25) is 15.9 Å². The average molecular weight is 475 g/mol. The zero-order valence-electron chi connectivity index (χ0n) is 17.4. The number of hydrogen-bond acceptors (Lipinski definition) is 5. The first-order valence-electron chi connectivity index (χ1n) is 10.0. The van der Waals surface area contributed by atoms with E-state index in [1.54, 1.807) is 41.6 Å². The van der Waals surface area contributed by atoms with E-state index >= 15 is 0 Å². The van der Waals surface area contributed by atoms with Crippen LogP contribution >= 0.6 is 11.6 Å². The van der Waals surface area contributed by atoms with Crippen LogP contribution in [0.2, 0.25) is 5.02 Å². The van der Waals surface area contributed by atoms with Crippen molar-refractivity contribution in [1.82, 2.24) is 19.2 Å². The minimum Gasteiger partial charge on any atom is -0.382 e. The summed E-state index contributed by atoms with van der Waals surface area (Å²) in [7, 11) is -2.39. The van der Waals surface area contributed by atoms with Crippen molar-refractivity contribution in [3.63, 3.8) is 0 Å². The number of rotatable bonds is 7. The van der Waals surface area contributed by atoms with Crippen LogP contribution in [0.5, 0.6) is 0 Å². The second-order valence-electron chi connectivity index (χ2n) is 7.50. The zero-order valence-corrected chi connectivity index (χ0v) is 19.0. The van der Waals surface area contributed by atoms with Crippen LogP contribution in [0, 0.1) is 0 Å². The van der Waals surface area contributed by atoms with E-state index in [4.69, 9.17) is 16.3 Å². The molecule has 1 atom stereocenters. The largest absolute Gasteiger partial charge is 0.382 e. The Balaban J connectivity index is 1.52. The highest BCUT2D eigenvalue weighted by Gasteiger charge is 2.40. The molecule has 3 heterocycles. The smallest absolute Gasteiger partial charge is 0.243 e. The van der Waals surface area contributed by atoms with Crippen LogP contribution in [0.1, 0.15) is 11.3 Å². The van der Waals surface area contributed by atoms with E-state index in [1.165, 1.54) is 17.5 Å². The molecule has 0 radical (unpaired) electrons. The van der Waals surface area contributed by atoms with Gasteiger partial charge in [-0.25, -0.2) is 8.42 Å². The summed E-state index contributed by atoms with van der Waals surface area (Å²) in [5, 5.41) is 2.64. The standard InChI is InChI=1S/C22H23ClN4O4S/c1-31-15-21-22(28)26(14-19-12-17-13-24-8-6-20(17)25-19)9-10-27(21)32(29,30)11-7-16-2-4-18(23)5-3-16/h2-8,11-13,21,25H,9-10,14-15H2,1H3/t21-/m0/s1. The number of carbonyl (C=O) groups is 1. The molecule has 10 heteroatoms. The van der Waals surface area contributed by atoms with Crippen molar-refractivity contribution in [3.05, 3.63) is 70.5 Å². The van der Waals surface area contributed by atoms with E-state index < -0.39 is 16.1 Å². The number of aromatic amines is 1. The number of nitrogens with one attached hydrogen (secondary N) is 1. The fraction of sp³-hybridized carbons (Fsp3) is 0.273. The SMILES string of the molecule is COC[C@H]1C(=O)N(Cc2cc3cnccc3[nH]2)CCN1S(=O)(=O)C=Cc1ccc(Cl)cc1. The first-order valence-corrected chi connectivity index (χ1v) is 11.9. The summed E-state index contributed by atoms with van der Waals surface area (Å²) >= 11 is 5.88. The molecule has 3 aromatic rings. The molecular weight excluding hydrogens is 452 g/mol. The number of amides is 1. The number of sulfonamides is 1. The van der Waals surface area contributed by atoms with Crippen molar-refractivity contribution in [2.75, 3.05) is 26.8 Å². The first-order chi connectivity index (χ1) is 15.4. The molecule has 1 aliphatic heterocycles. The van der Waals surface area contributed by atoms with Crippen LogP contribution in [0.25, 0.3) is 17.0 Å². The number of fused-ring (bicyclic) bond motifs is 1. The highest BCUT2D eigenvalue weighted by molar-refractivity contribution is 7.92. The lowest BCUT2D eigenvalue weighted by Gasteiger charge is -2.38. The maximum absolute atomic E-state index is 13.2. The molecule has 1 N–H and O–H groups in total. The van der Waals surface area contributed by atoms with Gasteiger partial charge in [-0.2, -0.15) is 4.31 Å². The van der Waals surface area contributed by atoms with Gasteiger partial charge in [0.05, 0.1) is 13.2 Å². The molecule has 1 saturated heterocycles. The Labute approximate surface area is 191 Å². The van der Waals surface area contributed by atoms with Crippen LogP contribution < -0.4 is 0 Å². The molecule has 8 nitrogen and oxygen atoms in total. The van der Waals surface area contributed by atoms with E-state index in [1.807, 2.05) is 12.1 Å². The normalized spacial score (nSPS) is 18.1. The summed E-state index contributed by atoms with van der Waals surface area (Å²) < 4.78 is 32.4. The van der Waals surface area contributed by atoms with Gasteiger partial charge in [0.1, 0.15) is 6.04 Å². The van der Waals surface area contributed by atoms with Crippen molar-refractivity contribution in [1.29, 1.82) is 0 Å². The first kappa shape index (κ1) is 22.5. The minimum absolute atomic E-state index is 0.0278. The van der Waals surface area contributed by atoms with Gasteiger partial charge in [0, 0.05) is 59.6 Å². The van der Waals surface area contributed by atoms with E-state index in [2.05, 4.69) is 9.97 Å². The monoisotopic (exact) mass is 474 g/mol. The number of hydrogen-bond donors (Lipinski definition) is 1. The lowest BCUT2D eigenvalue weighted by atomic mass is 10.2. The van der Waals surface area contributed by atoms with Crippen LogP contribution in [-0.2, 0) is 26.1 Å². The predicted octanol–water partition coefficient (Wildman–Crippen LogP) is 2.88. The second-order valence-corrected chi connectivity index (χ2v) is 9.71. The highest BCUT2D eigenvalue weighted by Crippen LogP contribution is 2.22. The molecule has 0 unspecified atom stereocenters. The van der Waals surface area contributed by atoms with Gasteiger partial charge in [0.25, 0.3) is 0 Å². The molecule has 2 aromatic heterocycles. The Morgan fingerprint density at radius 1 is 1.25 bits per heavy atom. The second kappa shape index (κ2) is 9.41. The number of H-pyrrole nitrogens is 1. The number of aromatic nitrogens is 2. The topological polar surface area (TPSA) is 95.6 Å². The summed E-state index contributed by atoms with van der Waals surface area (Å²) in [6.07, 6.45) is 4.94. The third-order valence-corrected chi connectivity index (χ3v) is 7.15. The summed E-state index contributed by atoms with van der Waals surface area (Å²) in [5.74, 6) is -0.293. The highest BCUT2D eigenvalue weighted by atomic mass is 35.5. The maximum atomic E-state index is 13.2. The lowest BCUT2D eigenvalue weighted by Crippen LogP contribution is -2.59. The van der Waals surface area contributed by atoms with Crippen LogP contribution in [0.3, 0.4) is 0 Å². The fourth-order valence-corrected chi connectivity index (χ4v) is 5.19. The van der Waals surface area contributed by atoms with Crippen LogP contribution in [-0.4, -0.2) is 66.3 Å². The number of methoxy groups -OCH3 is 1. The Kier molecular flexibility index (Phi) is 6.61. The molecule has 1 amide bonds. The third kappa shape index (κ3) is 4.86. The van der Waals surface area contributed by atoms with Gasteiger partial charge >= 0.3 is 0 Å². The number of pyridine rings is 1. The van der Waals surface area contributed by atoms with Crippen molar-refractivity contribution < 1.29 is 17.9 Å². The number of carbonyl (C=O) groups excluding carboxylic acids is 1. The Morgan fingerprint density at radius 3 is 2.75 bits per heavy atom. The molecule has 168 valence electrons. The van der Waals surface area contributed by atoms with E-state index in [9.17, 15) is 13.2 Å². The Morgan fingerprint density at radius 2 is 2.03 bits per heavy atom. The van der Waals surface area contributed by atoms with Gasteiger partial charge in [0.15, 0.2) is 0 Å². The molecule has 1 aromatic carbocycles. The molecule has 1 aliphatic rings. The van der Waals surface area contributed by atoms with Gasteiger partial charge < -0.3 is 14.6 Å². The summed E-state index contributed by atoms with van der Waals surface area (Å²) in [4.78, 5) is 22.2. The van der Waals surface area contributed by atoms with E-state index in [0.717, 1.165) is 22.0 Å². The number of nitrogens with zero attached hydrogens (tertiary/aromatic N) is 3. The molecule has 4 rings (SSSR count). The van der Waals surface area contributed by atoms with E-state index in [-0.39, 0.29) is 25.6 Å². The number of piperazine rings is 1. The number of halogens is 1. The molecule has 32 heavy (non-hydrogen) atoms. The molecule has 0 aliphatic carbocycles. The fourth-order valence-electron chi connectivity index (χ4n) is 3.73. The van der Waals surface area contributed by atoms with Crippen LogP contribution in [0.15, 0.2) is 54.2 Å². The summed E-state index contributed by atoms with van der Waals surface area (Å²) in [5.41, 5.74) is 2.49. The quantitative estimate of drug-likeness (QED) is 0.568. The Hall–Kier alpha value is -2.72. The third-order valence-electron chi connectivity index (χ3n) is 5.33. The minimum atomic E-state index is -3.84. The van der Waals surface area contributed by atoms with Crippen molar-refractivity contribution in [2.24, 2.45) is 0 Å². The maximum Gasteiger partial charge on any atom is 0.243 e. The van der Waals surface area contributed by atoms with Crippen molar-refractivity contribution in [2.45, 2.75) is 12.6 Å². The number of ether oxygens (including phenoxy) is 1. The molecule has 0 saturated carbocycles. The van der Waals surface area contributed by atoms with E-state index in [0.29, 0.717) is 17.1 Å². The van der Waals surface area contributed by atoms with Crippen molar-refractivity contribution >= 4 is 44.5 Å². The molecular formula is C22H23ClN4O4S. The summed E-state index contributed by atoms with van der Waals surface area (Å²) in [6, 6.07) is 9.69. The number of benzene rings is 1. The van der Waals surface area contributed by atoms with Gasteiger partial charge in [-0.15, -0.1) is 0 Å². The molecule has 0 bridgehead atoms. The zero-order chi connectivity index (χ0) is 22.7. The molecule has 1 fully saturated rings. The van der Waals surface area contributed by atoms with Crippen molar-refractivity contribution in [3.8, 4) is 0 Å². The predicted molar refractivity (Wildman–Crippen MR) is 123 cm³/mol. The van der Waals surface area contributed by atoms with Gasteiger partial charge in [-0.1, -0.05) is 23.7 Å².